The van der Waals surface area contributed by atoms with Gasteiger partial charge in [0.1, 0.15) is 5.75 Å². The Bertz CT molecular complexity index is 688. The zero-order valence-electron chi connectivity index (χ0n) is 10.9. The largest absolute Gasteiger partial charge is 0.496 e. The van der Waals surface area contributed by atoms with Crippen molar-refractivity contribution in [2.75, 3.05) is 7.11 Å². The summed E-state index contributed by atoms with van der Waals surface area (Å²) in [6, 6.07) is 12.3. The quantitative estimate of drug-likeness (QED) is 0.713. The molecular weight excluding hydrogens is 236 g/mol. The first-order valence-electron chi connectivity index (χ1n) is 6.41. The third-order valence-electron chi connectivity index (χ3n) is 3.36. The molecule has 0 fully saturated rings. The van der Waals surface area contributed by atoms with Gasteiger partial charge >= 0.3 is 0 Å². The minimum absolute atomic E-state index is 0.911. The Labute approximate surface area is 112 Å². The number of benzene rings is 1. The molecule has 3 heteroatoms. The number of hydrogen-bond acceptors (Lipinski definition) is 2. The number of hydrogen-bond donors (Lipinski definition) is 0. The molecule has 2 aromatic heterocycles. The molecule has 1 aromatic carbocycles. The lowest BCUT2D eigenvalue weighted by molar-refractivity contribution is 0.409. The molecule has 19 heavy (non-hydrogen) atoms. The van der Waals surface area contributed by atoms with E-state index in [2.05, 4.69) is 21.5 Å². The smallest absolute Gasteiger partial charge is 0.122 e. The van der Waals surface area contributed by atoms with Gasteiger partial charge in [-0.2, -0.15) is 0 Å². The highest BCUT2D eigenvalue weighted by atomic mass is 16.5. The Morgan fingerprint density at radius 3 is 2.84 bits per heavy atom. The van der Waals surface area contributed by atoms with Gasteiger partial charge in [-0.25, -0.2) is 0 Å². The summed E-state index contributed by atoms with van der Waals surface area (Å²) in [4.78, 5) is 4.49. The number of fused-ring (bicyclic) bond motifs is 1. The van der Waals surface area contributed by atoms with Crippen LogP contribution in [-0.4, -0.2) is 16.5 Å². The summed E-state index contributed by atoms with van der Waals surface area (Å²) in [7, 11) is 1.71. The zero-order chi connectivity index (χ0) is 13.1. The van der Waals surface area contributed by atoms with E-state index >= 15 is 0 Å². The molecule has 2 heterocycles. The SMILES string of the molecule is COc1ccccc1CCc1nccn2cccc12. The number of methoxy groups -OCH3 is 1. The lowest BCUT2D eigenvalue weighted by atomic mass is 10.1. The lowest BCUT2D eigenvalue weighted by Crippen LogP contribution is -1.99. The molecule has 96 valence electrons. The number of aromatic nitrogens is 2. The van der Waals surface area contributed by atoms with Crippen LogP contribution in [0, 0.1) is 0 Å². The summed E-state index contributed by atoms with van der Waals surface area (Å²) in [5.41, 5.74) is 3.52. The highest BCUT2D eigenvalue weighted by Gasteiger charge is 2.05. The summed E-state index contributed by atoms with van der Waals surface area (Å²) in [6.07, 6.45) is 7.71. The topological polar surface area (TPSA) is 26.5 Å². The molecule has 0 N–H and O–H groups in total. The Hall–Kier alpha value is -2.29. The van der Waals surface area contributed by atoms with Gasteiger partial charge < -0.3 is 9.14 Å². The molecule has 0 bridgehead atoms. The molecule has 0 amide bonds. The molecule has 0 unspecified atom stereocenters. The van der Waals surface area contributed by atoms with E-state index in [4.69, 9.17) is 4.74 Å². The van der Waals surface area contributed by atoms with Crippen LogP contribution in [0.5, 0.6) is 5.75 Å². The third kappa shape index (κ3) is 2.32. The first-order valence-corrected chi connectivity index (χ1v) is 6.41. The van der Waals surface area contributed by atoms with Crippen molar-refractivity contribution >= 4 is 5.52 Å². The maximum atomic E-state index is 5.38. The maximum Gasteiger partial charge on any atom is 0.122 e. The van der Waals surface area contributed by atoms with Crippen LogP contribution in [-0.2, 0) is 12.8 Å². The molecule has 3 aromatic rings. The van der Waals surface area contributed by atoms with E-state index in [0.717, 1.165) is 24.3 Å². The first kappa shape index (κ1) is 11.8. The van der Waals surface area contributed by atoms with Gasteiger partial charge in [0.2, 0.25) is 0 Å². The number of aryl methyl sites for hydroxylation is 2. The molecule has 0 saturated heterocycles. The molecule has 0 atom stereocenters. The van der Waals surface area contributed by atoms with Crippen LogP contribution in [0.4, 0.5) is 0 Å². The van der Waals surface area contributed by atoms with Gasteiger partial charge in [0, 0.05) is 18.6 Å². The van der Waals surface area contributed by atoms with E-state index in [1.54, 1.807) is 7.11 Å². The fourth-order valence-electron chi connectivity index (χ4n) is 2.38. The molecule has 0 spiro atoms. The molecule has 3 nitrogen and oxygen atoms in total. The van der Waals surface area contributed by atoms with Crippen molar-refractivity contribution in [2.24, 2.45) is 0 Å². The van der Waals surface area contributed by atoms with Crippen LogP contribution < -0.4 is 4.74 Å². The molecular formula is C16H16N2O. The first-order chi connectivity index (χ1) is 9.38. The van der Waals surface area contributed by atoms with Gasteiger partial charge in [0.05, 0.1) is 18.3 Å². The Morgan fingerprint density at radius 1 is 1.05 bits per heavy atom. The van der Waals surface area contributed by atoms with Gasteiger partial charge in [-0.05, 0) is 36.6 Å². The summed E-state index contributed by atoms with van der Waals surface area (Å²) in [5, 5.41) is 0. The molecule has 0 saturated carbocycles. The van der Waals surface area contributed by atoms with Crippen molar-refractivity contribution < 1.29 is 4.74 Å². The van der Waals surface area contributed by atoms with E-state index in [0.29, 0.717) is 0 Å². The van der Waals surface area contributed by atoms with E-state index < -0.39 is 0 Å². The summed E-state index contributed by atoms with van der Waals surface area (Å²) < 4.78 is 7.48. The standard InChI is InChI=1S/C16H16N2O/c1-19-16-7-3-2-5-13(16)8-9-14-15-6-4-11-18(15)12-10-17-14/h2-7,10-12H,8-9H2,1H3. The van der Waals surface area contributed by atoms with Crippen LogP contribution in [0.3, 0.4) is 0 Å². The second-order valence-electron chi connectivity index (χ2n) is 4.49. The Morgan fingerprint density at radius 2 is 1.95 bits per heavy atom. The van der Waals surface area contributed by atoms with Gasteiger partial charge in [-0.15, -0.1) is 0 Å². The van der Waals surface area contributed by atoms with Crippen LogP contribution in [0.25, 0.3) is 5.52 Å². The number of nitrogens with zero attached hydrogens (tertiary/aromatic N) is 2. The average Bonchev–Trinajstić information content (AvgIpc) is 2.94. The Kier molecular flexibility index (Phi) is 3.19. The summed E-state index contributed by atoms with van der Waals surface area (Å²) in [5.74, 6) is 0.949. The summed E-state index contributed by atoms with van der Waals surface area (Å²) in [6.45, 7) is 0. The van der Waals surface area contributed by atoms with Crippen LogP contribution >= 0.6 is 0 Å². The van der Waals surface area contributed by atoms with E-state index in [9.17, 15) is 0 Å². The minimum atomic E-state index is 0.911. The fourth-order valence-corrected chi connectivity index (χ4v) is 2.38. The fraction of sp³-hybridized carbons (Fsp3) is 0.188. The van der Waals surface area contributed by atoms with Crippen molar-refractivity contribution in [3.05, 3.63) is 66.2 Å². The van der Waals surface area contributed by atoms with E-state index in [1.165, 1.54) is 11.1 Å². The zero-order valence-corrected chi connectivity index (χ0v) is 10.9. The second-order valence-corrected chi connectivity index (χ2v) is 4.49. The molecule has 0 radical (unpaired) electrons. The average molecular weight is 252 g/mol. The lowest BCUT2D eigenvalue weighted by Gasteiger charge is -2.08. The second kappa shape index (κ2) is 5.14. The summed E-state index contributed by atoms with van der Waals surface area (Å²) >= 11 is 0. The predicted octanol–water partition coefficient (Wildman–Crippen LogP) is 3.13. The van der Waals surface area contributed by atoms with Crippen LogP contribution in [0.15, 0.2) is 55.0 Å². The Balaban J connectivity index is 1.84. The van der Waals surface area contributed by atoms with Crippen molar-refractivity contribution in [1.82, 2.24) is 9.38 Å². The van der Waals surface area contributed by atoms with Crippen molar-refractivity contribution in [1.29, 1.82) is 0 Å². The van der Waals surface area contributed by atoms with Gasteiger partial charge in [0.15, 0.2) is 0 Å². The molecule has 0 aliphatic rings. The number of rotatable bonds is 4. The van der Waals surface area contributed by atoms with E-state index in [1.807, 2.05) is 42.9 Å². The van der Waals surface area contributed by atoms with Crippen LogP contribution in [0.2, 0.25) is 0 Å². The van der Waals surface area contributed by atoms with Crippen molar-refractivity contribution in [3.8, 4) is 5.75 Å². The van der Waals surface area contributed by atoms with E-state index in [-0.39, 0.29) is 0 Å². The predicted molar refractivity (Wildman–Crippen MR) is 75.6 cm³/mol. The maximum absolute atomic E-state index is 5.38. The number of ether oxygens (including phenoxy) is 1. The molecule has 3 rings (SSSR count). The molecule has 0 aliphatic carbocycles. The normalized spacial score (nSPS) is 10.8. The minimum Gasteiger partial charge on any atom is -0.496 e. The van der Waals surface area contributed by atoms with Gasteiger partial charge in [-0.1, -0.05) is 18.2 Å². The van der Waals surface area contributed by atoms with Gasteiger partial charge in [-0.3, -0.25) is 4.98 Å². The van der Waals surface area contributed by atoms with Crippen molar-refractivity contribution in [3.63, 3.8) is 0 Å². The molecule has 0 aliphatic heterocycles. The highest BCUT2D eigenvalue weighted by Crippen LogP contribution is 2.20. The van der Waals surface area contributed by atoms with Crippen LogP contribution in [0.1, 0.15) is 11.3 Å². The monoisotopic (exact) mass is 252 g/mol. The highest BCUT2D eigenvalue weighted by molar-refractivity contribution is 5.52. The van der Waals surface area contributed by atoms with Gasteiger partial charge in [0.25, 0.3) is 0 Å². The van der Waals surface area contributed by atoms with Crippen molar-refractivity contribution in [2.45, 2.75) is 12.8 Å². The number of para-hydroxylation sites is 1. The third-order valence-corrected chi connectivity index (χ3v) is 3.36.